The molecule has 0 aliphatic rings. The minimum absolute atomic E-state index is 0.418. The summed E-state index contributed by atoms with van der Waals surface area (Å²) >= 11 is 12.3. The summed E-state index contributed by atoms with van der Waals surface area (Å²) in [5.41, 5.74) is 1.98. The summed E-state index contributed by atoms with van der Waals surface area (Å²) in [7, 11) is 0. The third-order valence-electron chi connectivity index (χ3n) is 3.06. The second-order valence-electron chi connectivity index (χ2n) is 5.05. The number of benzene rings is 1. The Morgan fingerprint density at radius 1 is 1.26 bits per heavy atom. The summed E-state index contributed by atoms with van der Waals surface area (Å²) in [5.74, 6) is 0.967. The van der Waals surface area contributed by atoms with Crippen LogP contribution in [0.2, 0.25) is 10.0 Å². The molecule has 0 unspecified atom stereocenters. The van der Waals surface area contributed by atoms with Gasteiger partial charge in [0.25, 0.3) is 0 Å². The van der Waals surface area contributed by atoms with Crippen molar-refractivity contribution in [2.45, 2.75) is 46.2 Å². The summed E-state index contributed by atoms with van der Waals surface area (Å²) in [5, 5.41) is 5.67. The van der Waals surface area contributed by atoms with Gasteiger partial charge in [0, 0.05) is 28.1 Å². The number of nitrogens with one attached hydrogen (secondary N) is 1. The Morgan fingerprint density at radius 3 is 2.63 bits per heavy atom. The van der Waals surface area contributed by atoms with Crippen LogP contribution in [0, 0.1) is 0 Å². The molecule has 0 fully saturated rings. The van der Waals surface area contributed by atoms with Crippen LogP contribution >= 0.6 is 23.2 Å². The van der Waals surface area contributed by atoms with Crippen molar-refractivity contribution in [2.24, 2.45) is 0 Å². The van der Waals surface area contributed by atoms with Crippen LogP contribution in [-0.2, 0) is 13.0 Å². The number of furan rings is 1. The van der Waals surface area contributed by atoms with Gasteiger partial charge in [0.15, 0.2) is 0 Å². The first kappa shape index (κ1) is 14.7. The molecule has 0 saturated heterocycles. The Labute approximate surface area is 124 Å². The van der Waals surface area contributed by atoms with Crippen LogP contribution in [0.1, 0.15) is 38.5 Å². The molecular formula is C15H19Cl2NO. The molecular weight excluding hydrogens is 281 g/mol. The van der Waals surface area contributed by atoms with Gasteiger partial charge in [-0.05, 0) is 12.5 Å². The van der Waals surface area contributed by atoms with E-state index in [9.17, 15) is 0 Å². The van der Waals surface area contributed by atoms with Gasteiger partial charge < -0.3 is 9.73 Å². The Morgan fingerprint density at radius 2 is 2.00 bits per heavy atom. The molecule has 19 heavy (non-hydrogen) atoms. The average molecular weight is 300 g/mol. The molecule has 0 atom stereocenters. The summed E-state index contributed by atoms with van der Waals surface area (Å²) in [6.45, 7) is 7.11. The van der Waals surface area contributed by atoms with Crippen molar-refractivity contribution < 1.29 is 4.42 Å². The molecule has 1 N–H and O–H groups in total. The largest absolute Gasteiger partial charge is 0.459 e. The monoisotopic (exact) mass is 299 g/mol. The molecule has 4 heteroatoms. The molecule has 0 saturated carbocycles. The highest BCUT2D eigenvalue weighted by Crippen LogP contribution is 2.35. The lowest BCUT2D eigenvalue weighted by Crippen LogP contribution is -2.22. The number of halogens is 2. The van der Waals surface area contributed by atoms with E-state index >= 15 is 0 Å². The maximum Gasteiger partial charge on any atom is 0.137 e. The van der Waals surface area contributed by atoms with Crippen molar-refractivity contribution >= 4 is 34.2 Å². The van der Waals surface area contributed by atoms with E-state index in [0.29, 0.717) is 16.1 Å². The van der Waals surface area contributed by atoms with Crippen molar-refractivity contribution in [2.75, 3.05) is 0 Å². The van der Waals surface area contributed by atoms with Gasteiger partial charge in [0.1, 0.15) is 11.3 Å². The number of hydrogen-bond acceptors (Lipinski definition) is 2. The maximum atomic E-state index is 6.31. The molecule has 1 aromatic carbocycles. The van der Waals surface area contributed by atoms with Crippen molar-refractivity contribution in [3.8, 4) is 0 Å². The van der Waals surface area contributed by atoms with Crippen LogP contribution in [0.3, 0.4) is 0 Å². The SMILES string of the molecule is CCCc1c(CNC(C)C)oc2cc(Cl)cc(Cl)c12. The Balaban J connectivity index is 2.50. The van der Waals surface area contributed by atoms with Gasteiger partial charge in [-0.1, -0.05) is 50.4 Å². The topological polar surface area (TPSA) is 25.2 Å². The van der Waals surface area contributed by atoms with Crippen LogP contribution in [0.5, 0.6) is 0 Å². The molecule has 0 aliphatic heterocycles. The van der Waals surface area contributed by atoms with E-state index in [1.807, 2.05) is 6.07 Å². The zero-order valence-corrected chi connectivity index (χ0v) is 13.0. The van der Waals surface area contributed by atoms with Crippen LogP contribution in [0.25, 0.3) is 11.0 Å². The summed E-state index contributed by atoms with van der Waals surface area (Å²) in [6, 6.07) is 4.03. The lowest BCUT2D eigenvalue weighted by Gasteiger charge is -2.07. The Bertz CT molecular complexity index is 575. The number of aryl methyl sites for hydroxylation is 1. The van der Waals surface area contributed by atoms with Crippen LogP contribution in [0.4, 0.5) is 0 Å². The quantitative estimate of drug-likeness (QED) is 0.822. The predicted octanol–water partition coefficient (Wildman–Crippen LogP) is 5.19. The Kier molecular flexibility index (Phi) is 4.77. The number of fused-ring (bicyclic) bond motifs is 1. The molecule has 0 aliphatic carbocycles. The highest BCUT2D eigenvalue weighted by molar-refractivity contribution is 6.38. The maximum absolute atomic E-state index is 6.31. The first-order chi connectivity index (χ1) is 9.02. The van der Waals surface area contributed by atoms with E-state index < -0.39 is 0 Å². The second kappa shape index (κ2) is 6.17. The van der Waals surface area contributed by atoms with Gasteiger partial charge in [-0.15, -0.1) is 0 Å². The van der Waals surface area contributed by atoms with Crippen molar-refractivity contribution in [3.05, 3.63) is 33.5 Å². The summed E-state index contributed by atoms with van der Waals surface area (Å²) < 4.78 is 5.93. The van der Waals surface area contributed by atoms with Crippen molar-refractivity contribution in [3.63, 3.8) is 0 Å². The first-order valence-electron chi connectivity index (χ1n) is 6.65. The summed E-state index contributed by atoms with van der Waals surface area (Å²) in [6.07, 6.45) is 2.02. The molecule has 104 valence electrons. The molecule has 0 bridgehead atoms. The minimum Gasteiger partial charge on any atom is -0.459 e. The zero-order valence-electron chi connectivity index (χ0n) is 11.5. The zero-order chi connectivity index (χ0) is 14.0. The molecule has 1 heterocycles. The van der Waals surface area contributed by atoms with Crippen molar-refractivity contribution in [1.82, 2.24) is 5.32 Å². The Hall–Kier alpha value is -0.700. The first-order valence-corrected chi connectivity index (χ1v) is 7.41. The lowest BCUT2D eigenvalue weighted by molar-refractivity contribution is 0.483. The second-order valence-corrected chi connectivity index (χ2v) is 5.89. The fourth-order valence-corrected chi connectivity index (χ4v) is 2.80. The van der Waals surface area contributed by atoms with Gasteiger partial charge in [0.2, 0.25) is 0 Å². The highest BCUT2D eigenvalue weighted by Gasteiger charge is 2.17. The molecule has 1 aromatic heterocycles. The van der Waals surface area contributed by atoms with Gasteiger partial charge >= 0.3 is 0 Å². The summed E-state index contributed by atoms with van der Waals surface area (Å²) in [4.78, 5) is 0. The minimum atomic E-state index is 0.418. The molecule has 2 aromatic rings. The van der Waals surface area contributed by atoms with E-state index in [0.717, 1.165) is 36.1 Å². The van der Waals surface area contributed by atoms with Gasteiger partial charge in [-0.3, -0.25) is 0 Å². The van der Waals surface area contributed by atoms with Gasteiger partial charge in [-0.2, -0.15) is 0 Å². The van der Waals surface area contributed by atoms with Crippen molar-refractivity contribution in [1.29, 1.82) is 0 Å². The van der Waals surface area contributed by atoms with E-state index in [-0.39, 0.29) is 0 Å². The van der Waals surface area contributed by atoms with E-state index in [4.69, 9.17) is 27.6 Å². The van der Waals surface area contributed by atoms with Gasteiger partial charge in [-0.25, -0.2) is 0 Å². The molecule has 0 radical (unpaired) electrons. The molecule has 2 rings (SSSR count). The van der Waals surface area contributed by atoms with Crippen LogP contribution in [0.15, 0.2) is 16.5 Å². The molecule has 0 spiro atoms. The average Bonchev–Trinajstić information content (AvgIpc) is 2.65. The highest BCUT2D eigenvalue weighted by atomic mass is 35.5. The third-order valence-corrected chi connectivity index (χ3v) is 3.58. The number of hydrogen-bond donors (Lipinski definition) is 1. The standard InChI is InChI=1S/C15H19Cl2NO/c1-4-5-11-14(8-18-9(2)3)19-13-7-10(16)6-12(17)15(11)13/h6-7,9,18H,4-5,8H2,1-3H3. The van der Waals surface area contributed by atoms with E-state index in [1.165, 1.54) is 5.56 Å². The third kappa shape index (κ3) is 3.25. The van der Waals surface area contributed by atoms with Crippen LogP contribution in [-0.4, -0.2) is 6.04 Å². The molecule has 0 amide bonds. The lowest BCUT2D eigenvalue weighted by atomic mass is 10.1. The van der Waals surface area contributed by atoms with E-state index in [1.54, 1.807) is 6.07 Å². The van der Waals surface area contributed by atoms with Crippen LogP contribution < -0.4 is 5.32 Å². The van der Waals surface area contributed by atoms with E-state index in [2.05, 4.69) is 26.1 Å². The normalized spacial score (nSPS) is 11.7. The molecule has 2 nitrogen and oxygen atoms in total. The predicted molar refractivity (Wildman–Crippen MR) is 82.2 cm³/mol. The smallest absolute Gasteiger partial charge is 0.137 e. The fourth-order valence-electron chi connectivity index (χ4n) is 2.21. The van der Waals surface area contributed by atoms with Gasteiger partial charge in [0.05, 0.1) is 11.6 Å². The number of rotatable bonds is 5. The fraction of sp³-hybridized carbons (Fsp3) is 0.467.